The van der Waals surface area contributed by atoms with Crippen LogP contribution in [0.3, 0.4) is 0 Å². The molecule has 0 saturated carbocycles. The van der Waals surface area contributed by atoms with Gasteiger partial charge in [-0.25, -0.2) is 0 Å². The number of aromatic nitrogens is 1. The van der Waals surface area contributed by atoms with Crippen LogP contribution >= 0.6 is 23.2 Å². The maximum absolute atomic E-state index is 12.6. The van der Waals surface area contributed by atoms with Gasteiger partial charge in [-0.1, -0.05) is 41.4 Å². The summed E-state index contributed by atoms with van der Waals surface area (Å²) in [6.07, 6.45) is 2.12. The van der Waals surface area contributed by atoms with Gasteiger partial charge < -0.3 is 14.8 Å². The van der Waals surface area contributed by atoms with E-state index in [0.717, 1.165) is 0 Å². The van der Waals surface area contributed by atoms with Crippen LogP contribution in [-0.2, 0) is 7.05 Å². The molecule has 1 amide bonds. The molecule has 0 aliphatic rings. The van der Waals surface area contributed by atoms with E-state index in [1.165, 1.54) is 16.5 Å². The van der Waals surface area contributed by atoms with Crippen molar-refractivity contribution >= 4 is 40.0 Å². The number of carbonyl (C=O) groups excluding carboxylic acids is 1. The summed E-state index contributed by atoms with van der Waals surface area (Å²) in [6.45, 7) is 0.461. The molecule has 3 rings (SSSR count). The number of amides is 1. The van der Waals surface area contributed by atoms with Gasteiger partial charge in [-0.2, -0.15) is 0 Å². The Labute approximate surface area is 163 Å². The van der Waals surface area contributed by atoms with Crippen molar-refractivity contribution in [3.05, 3.63) is 69.8 Å². The van der Waals surface area contributed by atoms with Gasteiger partial charge in [-0.3, -0.25) is 4.79 Å². The monoisotopic (exact) mass is 389 g/mol. The fourth-order valence-electron chi connectivity index (χ4n) is 3.17. The van der Waals surface area contributed by atoms with Crippen molar-refractivity contribution in [1.29, 1.82) is 0 Å². The predicted octanol–water partition coefficient (Wildman–Crippen LogP) is 4.52. The summed E-state index contributed by atoms with van der Waals surface area (Å²) in [5.74, 6) is -0.232. The SMILES string of the molecule is CN(C)C(CNC(=O)c1cc(Cl)ccc1Cl)c1cn(C)c2ccccc12. The third kappa shape index (κ3) is 3.73. The molecule has 3 aromatic rings. The molecule has 1 N–H and O–H groups in total. The van der Waals surface area contributed by atoms with Crippen LogP contribution in [0.15, 0.2) is 48.7 Å². The first kappa shape index (κ1) is 18.8. The van der Waals surface area contributed by atoms with Crippen LogP contribution in [0.25, 0.3) is 10.9 Å². The maximum atomic E-state index is 12.6. The van der Waals surface area contributed by atoms with Crippen LogP contribution in [-0.4, -0.2) is 36.0 Å². The van der Waals surface area contributed by atoms with Gasteiger partial charge in [0.1, 0.15) is 0 Å². The topological polar surface area (TPSA) is 37.3 Å². The van der Waals surface area contributed by atoms with Crippen LogP contribution in [0.2, 0.25) is 10.0 Å². The molecule has 4 nitrogen and oxygen atoms in total. The molecule has 26 heavy (non-hydrogen) atoms. The highest BCUT2D eigenvalue weighted by molar-refractivity contribution is 6.35. The first-order chi connectivity index (χ1) is 12.4. The lowest BCUT2D eigenvalue weighted by Gasteiger charge is -2.24. The molecule has 1 heterocycles. The Morgan fingerprint density at radius 2 is 1.92 bits per heavy atom. The third-order valence-electron chi connectivity index (χ3n) is 4.54. The zero-order valence-electron chi connectivity index (χ0n) is 15.0. The van der Waals surface area contributed by atoms with E-state index in [4.69, 9.17) is 23.2 Å². The highest BCUT2D eigenvalue weighted by Crippen LogP contribution is 2.28. The first-order valence-corrected chi connectivity index (χ1v) is 9.07. The predicted molar refractivity (Wildman–Crippen MR) is 108 cm³/mol. The molecule has 0 bridgehead atoms. The summed E-state index contributed by atoms with van der Waals surface area (Å²) in [5, 5.41) is 5.04. The Balaban J connectivity index is 1.85. The second-order valence-corrected chi connectivity index (χ2v) is 7.37. The highest BCUT2D eigenvalue weighted by atomic mass is 35.5. The molecule has 0 aliphatic heterocycles. The lowest BCUT2D eigenvalue weighted by Crippen LogP contribution is -2.34. The largest absolute Gasteiger partial charge is 0.350 e. The minimum absolute atomic E-state index is 0.0306. The minimum atomic E-state index is -0.232. The Bertz CT molecular complexity index is 949. The molecule has 1 aromatic heterocycles. The van der Waals surface area contributed by atoms with E-state index in [-0.39, 0.29) is 11.9 Å². The van der Waals surface area contributed by atoms with Crippen molar-refractivity contribution in [3.8, 4) is 0 Å². The molecule has 0 saturated heterocycles. The molecule has 0 radical (unpaired) electrons. The van der Waals surface area contributed by atoms with Crippen LogP contribution in [0.5, 0.6) is 0 Å². The Hall–Kier alpha value is -2.01. The van der Waals surface area contributed by atoms with E-state index in [2.05, 4.69) is 33.1 Å². The second-order valence-electron chi connectivity index (χ2n) is 6.53. The summed E-state index contributed by atoms with van der Waals surface area (Å²) >= 11 is 12.1. The van der Waals surface area contributed by atoms with E-state index >= 15 is 0 Å². The molecule has 6 heteroatoms. The van der Waals surface area contributed by atoms with Gasteiger partial charge in [-0.05, 0) is 43.9 Å². The van der Waals surface area contributed by atoms with Gasteiger partial charge in [0, 0.05) is 35.7 Å². The third-order valence-corrected chi connectivity index (χ3v) is 5.10. The number of fused-ring (bicyclic) bond motifs is 1. The van der Waals surface area contributed by atoms with Crippen LogP contribution in [0, 0.1) is 0 Å². The van der Waals surface area contributed by atoms with Gasteiger partial charge >= 0.3 is 0 Å². The van der Waals surface area contributed by atoms with Gasteiger partial charge in [0.2, 0.25) is 0 Å². The number of aryl methyl sites for hydroxylation is 1. The smallest absolute Gasteiger partial charge is 0.252 e. The van der Waals surface area contributed by atoms with E-state index in [1.807, 2.05) is 33.3 Å². The molecule has 0 spiro atoms. The Morgan fingerprint density at radius 3 is 2.65 bits per heavy atom. The van der Waals surface area contributed by atoms with Crippen molar-refractivity contribution in [2.75, 3.05) is 20.6 Å². The average Bonchev–Trinajstić information content (AvgIpc) is 2.94. The fraction of sp³-hybridized carbons (Fsp3) is 0.250. The number of para-hydroxylation sites is 1. The fourth-order valence-corrected chi connectivity index (χ4v) is 3.54. The lowest BCUT2D eigenvalue weighted by molar-refractivity contribution is 0.0942. The van der Waals surface area contributed by atoms with E-state index in [0.29, 0.717) is 22.2 Å². The quantitative estimate of drug-likeness (QED) is 0.696. The van der Waals surface area contributed by atoms with Crippen LogP contribution < -0.4 is 5.32 Å². The molecule has 1 atom stereocenters. The Morgan fingerprint density at radius 1 is 1.19 bits per heavy atom. The number of carbonyl (C=O) groups is 1. The average molecular weight is 390 g/mol. The standard InChI is InChI=1S/C20H21Cl2N3O/c1-24(2)19(16-12-25(3)18-7-5-4-6-14(16)18)11-23-20(26)15-10-13(21)8-9-17(15)22/h4-10,12,19H,11H2,1-3H3,(H,23,26). The van der Waals surface area contributed by atoms with Crippen molar-refractivity contribution in [3.63, 3.8) is 0 Å². The van der Waals surface area contributed by atoms with Gasteiger partial charge in [-0.15, -0.1) is 0 Å². The summed E-state index contributed by atoms with van der Waals surface area (Å²) in [7, 11) is 6.04. The number of benzene rings is 2. The molecule has 2 aromatic carbocycles. The van der Waals surface area contributed by atoms with Crippen molar-refractivity contribution in [2.24, 2.45) is 7.05 Å². The number of nitrogens with one attached hydrogen (secondary N) is 1. The first-order valence-electron chi connectivity index (χ1n) is 8.32. The van der Waals surface area contributed by atoms with Crippen molar-refractivity contribution in [2.45, 2.75) is 6.04 Å². The number of nitrogens with zero attached hydrogens (tertiary/aromatic N) is 2. The summed E-state index contributed by atoms with van der Waals surface area (Å²) in [4.78, 5) is 14.7. The van der Waals surface area contributed by atoms with Gasteiger partial charge in [0.05, 0.1) is 16.6 Å². The molecule has 136 valence electrons. The number of hydrogen-bond acceptors (Lipinski definition) is 2. The highest BCUT2D eigenvalue weighted by Gasteiger charge is 2.21. The summed E-state index contributed by atoms with van der Waals surface area (Å²) in [5.41, 5.74) is 2.72. The molecular formula is C20H21Cl2N3O. The number of likely N-dealkylation sites (N-methyl/N-ethyl adjacent to an activating group) is 1. The van der Waals surface area contributed by atoms with E-state index in [1.54, 1.807) is 18.2 Å². The number of hydrogen-bond donors (Lipinski definition) is 1. The van der Waals surface area contributed by atoms with Crippen LogP contribution in [0.4, 0.5) is 0 Å². The zero-order chi connectivity index (χ0) is 18.8. The minimum Gasteiger partial charge on any atom is -0.350 e. The van der Waals surface area contributed by atoms with E-state index < -0.39 is 0 Å². The van der Waals surface area contributed by atoms with Crippen molar-refractivity contribution < 1.29 is 4.79 Å². The van der Waals surface area contributed by atoms with Gasteiger partial charge in [0.25, 0.3) is 5.91 Å². The lowest BCUT2D eigenvalue weighted by atomic mass is 10.0. The van der Waals surface area contributed by atoms with Crippen molar-refractivity contribution in [1.82, 2.24) is 14.8 Å². The summed E-state index contributed by atoms with van der Waals surface area (Å²) < 4.78 is 2.11. The van der Waals surface area contributed by atoms with Gasteiger partial charge in [0.15, 0.2) is 0 Å². The zero-order valence-corrected chi connectivity index (χ0v) is 16.5. The number of halogens is 2. The van der Waals surface area contributed by atoms with Crippen LogP contribution in [0.1, 0.15) is 22.0 Å². The van der Waals surface area contributed by atoms with E-state index in [9.17, 15) is 4.79 Å². The second kappa shape index (κ2) is 7.70. The maximum Gasteiger partial charge on any atom is 0.252 e. The normalized spacial score (nSPS) is 12.5. The molecule has 0 aliphatic carbocycles. The summed E-state index contributed by atoms with van der Waals surface area (Å²) in [6, 6.07) is 13.2. The molecule has 0 fully saturated rings. The number of rotatable bonds is 5. The molecular weight excluding hydrogens is 369 g/mol. The molecule has 1 unspecified atom stereocenters. The Kier molecular flexibility index (Phi) is 5.56.